The average Bonchev–Trinajstić information content (AvgIpc) is 2.44. The molecule has 0 spiro atoms. The lowest BCUT2D eigenvalue weighted by Crippen LogP contribution is -2.18. The van der Waals surface area contributed by atoms with Crippen LogP contribution in [0.2, 0.25) is 0 Å². The second-order valence-corrected chi connectivity index (χ2v) is 7.00. The predicted molar refractivity (Wildman–Crippen MR) is 89.5 cm³/mol. The Morgan fingerprint density at radius 2 is 1.16 bits per heavy atom. The van der Waals surface area contributed by atoms with E-state index >= 15 is 0 Å². The molecule has 0 amide bonds. The molecule has 0 fully saturated rings. The van der Waals surface area contributed by atoms with Crippen LogP contribution in [0.3, 0.4) is 0 Å². The molecule has 0 aliphatic rings. The van der Waals surface area contributed by atoms with E-state index in [1.54, 1.807) is 0 Å². The molecule has 0 aromatic heterocycles. The van der Waals surface area contributed by atoms with Gasteiger partial charge in [0.25, 0.3) is 0 Å². The monoisotopic (exact) mass is 268 g/mol. The Bertz CT molecular complexity index is 192. The second kappa shape index (κ2) is 10.7. The van der Waals surface area contributed by atoms with Crippen molar-refractivity contribution in [2.45, 2.75) is 93.4 Å². The summed E-state index contributed by atoms with van der Waals surface area (Å²) in [4.78, 5) is 0. The van der Waals surface area contributed by atoms with Gasteiger partial charge in [-0.15, -0.1) is 0 Å². The van der Waals surface area contributed by atoms with Gasteiger partial charge in [-0.1, -0.05) is 87.0 Å². The quantitative estimate of drug-likeness (QED) is 0.381. The molecule has 4 atom stereocenters. The molecular weight excluding hydrogens is 228 g/mol. The largest absolute Gasteiger partial charge is 0.0651 e. The van der Waals surface area contributed by atoms with Crippen LogP contribution in [-0.4, -0.2) is 0 Å². The third-order valence-electron chi connectivity index (χ3n) is 5.80. The summed E-state index contributed by atoms with van der Waals surface area (Å²) in [5.41, 5.74) is 0. The van der Waals surface area contributed by atoms with Crippen molar-refractivity contribution in [3.05, 3.63) is 0 Å². The minimum atomic E-state index is 0.889. The van der Waals surface area contributed by atoms with Gasteiger partial charge in [-0.05, 0) is 36.0 Å². The Kier molecular flexibility index (Phi) is 10.7. The minimum absolute atomic E-state index is 0.889. The van der Waals surface area contributed by atoms with E-state index in [2.05, 4.69) is 48.5 Å². The molecule has 0 saturated heterocycles. The molecule has 19 heavy (non-hydrogen) atoms. The van der Waals surface area contributed by atoms with Crippen LogP contribution in [0.15, 0.2) is 0 Å². The van der Waals surface area contributed by atoms with Gasteiger partial charge < -0.3 is 0 Å². The maximum absolute atomic E-state index is 2.50. The van der Waals surface area contributed by atoms with E-state index in [0.29, 0.717) is 0 Å². The lowest BCUT2D eigenvalue weighted by Gasteiger charge is -2.29. The van der Waals surface area contributed by atoms with Crippen molar-refractivity contribution in [1.82, 2.24) is 0 Å². The maximum atomic E-state index is 2.50. The molecular formula is C19H40. The summed E-state index contributed by atoms with van der Waals surface area (Å²) in [6.45, 7) is 16.8. The zero-order chi connectivity index (χ0) is 14.8. The predicted octanol–water partition coefficient (Wildman–Crippen LogP) is 6.94. The molecule has 0 nitrogen and oxygen atoms in total. The molecule has 0 aromatic rings. The number of hydrogen-bond donors (Lipinski definition) is 0. The van der Waals surface area contributed by atoms with Gasteiger partial charge in [0, 0.05) is 0 Å². The van der Waals surface area contributed by atoms with Crippen LogP contribution in [0.25, 0.3) is 0 Å². The highest BCUT2D eigenvalue weighted by molar-refractivity contribution is 4.72. The van der Waals surface area contributed by atoms with E-state index in [-0.39, 0.29) is 0 Å². The van der Waals surface area contributed by atoms with Crippen molar-refractivity contribution >= 4 is 0 Å². The van der Waals surface area contributed by atoms with E-state index in [9.17, 15) is 0 Å². The number of hydrogen-bond acceptors (Lipinski definition) is 0. The molecule has 4 unspecified atom stereocenters. The highest BCUT2D eigenvalue weighted by Gasteiger charge is 2.21. The summed E-state index contributed by atoms with van der Waals surface area (Å²) in [5.74, 6) is 4.60. The van der Waals surface area contributed by atoms with E-state index in [1.165, 1.54) is 44.9 Å². The van der Waals surface area contributed by atoms with Gasteiger partial charge in [-0.2, -0.15) is 0 Å². The fourth-order valence-corrected chi connectivity index (χ4v) is 3.34. The SMILES string of the molecule is CCC(CC)CCC(C)C(CC)CC(C)C(C)CC. The van der Waals surface area contributed by atoms with Gasteiger partial charge in [-0.25, -0.2) is 0 Å². The van der Waals surface area contributed by atoms with Crippen LogP contribution in [0.1, 0.15) is 93.4 Å². The topological polar surface area (TPSA) is 0 Å². The van der Waals surface area contributed by atoms with Gasteiger partial charge in [-0.3, -0.25) is 0 Å². The van der Waals surface area contributed by atoms with Crippen LogP contribution >= 0.6 is 0 Å². The van der Waals surface area contributed by atoms with Crippen LogP contribution < -0.4 is 0 Å². The third-order valence-corrected chi connectivity index (χ3v) is 5.80. The van der Waals surface area contributed by atoms with Crippen molar-refractivity contribution < 1.29 is 0 Å². The van der Waals surface area contributed by atoms with E-state index in [0.717, 1.165) is 29.6 Å². The Morgan fingerprint density at radius 3 is 1.58 bits per heavy atom. The molecule has 0 aromatic carbocycles. The smallest absolute Gasteiger partial charge is 0.0388 e. The van der Waals surface area contributed by atoms with Gasteiger partial charge in [0.05, 0.1) is 0 Å². The molecule has 0 bridgehead atoms. The van der Waals surface area contributed by atoms with Crippen LogP contribution in [0, 0.1) is 29.6 Å². The fourth-order valence-electron chi connectivity index (χ4n) is 3.34. The van der Waals surface area contributed by atoms with E-state index in [4.69, 9.17) is 0 Å². The molecule has 0 radical (unpaired) electrons. The molecule has 0 heteroatoms. The molecule has 116 valence electrons. The third kappa shape index (κ3) is 7.37. The lowest BCUT2D eigenvalue weighted by molar-refractivity contribution is 0.219. The summed E-state index contributed by atoms with van der Waals surface area (Å²) in [6.07, 6.45) is 9.76. The minimum Gasteiger partial charge on any atom is -0.0651 e. The van der Waals surface area contributed by atoms with E-state index < -0.39 is 0 Å². The van der Waals surface area contributed by atoms with Crippen LogP contribution in [0.4, 0.5) is 0 Å². The Labute approximate surface area is 123 Å². The Balaban J connectivity index is 4.20. The van der Waals surface area contributed by atoms with Crippen molar-refractivity contribution in [3.8, 4) is 0 Å². The Hall–Kier alpha value is 0. The zero-order valence-electron chi connectivity index (χ0n) is 14.8. The van der Waals surface area contributed by atoms with Crippen molar-refractivity contribution in [1.29, 1.82) is 0 Å². The van der Waals surface area contributed by atoms with Crippen LogP contribution in [-0.2, 0) is 0 Å². The molecule has 0 aliphatic heterocycles. The van der Waals surface area contributed by atoms with Crippen molar-refractivity contribution in [2.24, 2.45) is 29.6 Å². The standard InChI is InChI=1S/C19H40/c1-8-15(5)17(7)14-19(11-4)16(6)12-13-18(9-2)10-3/h15-19H,8-14H2,1-7H3. The van der Waals surface area contributed by atoms with Crippen molar-refractivity contribution in [3.63, 3.8) is 0 Å². The van der Waals surface area contributed by atoms with Gasteiger partial charge in [0.15, 0.2) is 0 Å². The molecule has 0 heterocycles. The first-order valence-electron chi connectivity index (χ1n) is 8.99. The lowest BCUT2D eigenvalue weighted by atomic mass is 9.77. The average molecular weight is 269 g/mol. The molecule has 0 N–H and O–H groups in total. The molecule has 0 aliphatic carbocycles. The van der Waals surface area contributed by atoms with E-state index in [1.807, 2.05) is 0 Å². The fraction of sp³-hybridized carbons (Fsp3) is 1.00. The zero-order valence-corrected chi connectivity index (χ0v) is 14.8. The van der Waals surface area contributed by atoms with Gasteiger partial charge in [0.1, 0.15) is 0 Å². The first kappa shape index (κ1) is 19.0. The molecule has 0 rings (SSSR count). The number of rotatable bonds is 11. The normalized spacial score (nSPS) is 18.3. The first-order chi connectivity index (χ1) is 8.99. The maximum Gasteiger partial charge on any atom is -0.0388 e. The molecule has 0 saturated carbocycles. The van der Waals surface area contributed by atoms with Crippen molar-refractivity contribution in [2.75, 3.05) is 0 Å². The highest BCUT2D eigenvalue weighted by atomic mass is 14.3. The highest BCUT2D eigenvalue weighted by Crippen LogP contribution is 2.32. The first-order valence-corrected chi connectivity index (χ1v) is 8.99. The summed E-state index contributed by atoms with van der Waals surface area (Å²) >= 11 is 0. The summed E-state index contributed by atoms with van der Waals surface area (Å²) in [6, 6.07) is 0. The van der Waals surface area contributed by atoms with Gasteiger partial charge >= 0.3 is 0 Å². The van der Waals surface area contributed by atoms with Gasteiger partial charge in [0.2, 0.25) is 0 Å². The summed E-state index contributed by atoms with van der Waals surface area (Å²) in [7, 11) is 0. The Morgan fingerprint density at radius 1 is 0.579 bits per heavy atom. The summed E-state index contributed by atoms with van der Waals surface area (Å²) < 4.78 is 0. The second-order valence-electron chi connectivity index (χ2n) is 7.00. The van der Waals surface area contributed by atoms with Crippen LogP contribution in [0.5, 0.6) is 0 Å². The summed E-state index contributed by atoms with van der Waals surface area (Å²) in [5, 5.41) is 0.